The van der Waals surface area contributed by atoms with Gasteiger partial charge in [-0.2, -0.15) is 0 Å². The highest BCUT2D eigenvalue weighted by atomic mass is 32.1. The van der Waals surface area contributed by atoms with Gasteiger partial charge in [-0.25, -0.2) is 4.98 Å². The molecule has 1 aromatic heterocycles. The van der Waals surface area contributed by atoms with Gasteiger partial charge in [-0.3, -0.25) is 0 Å². The Bertz CT molecular complexity index is 485. The van der Waals surface area contributed by atoms with Crippen LogP contribution in [0, 0.1) is 0 Å². The van der Waals surface area contributed by atoms with Crippen LogP contribution in [0.4, 0.5) is 0 Å². The van der Waals surface area contributed by atoms with Crippen molar-refractivity contribution in [1.82, 2.24) is 4.98 Å². The fourth-order valence-electron chi connectivity index (χ4n) is 1.45. The number of nitrogens with two attached hydrogens (primary N) is 1. The lowest BCUT2D eigenvalue weighted by Crippen LogP contribution is -1.91. The third-order valence-corrected chi connectivity index (χ3v) is 3.37. The minimum Gasteiger partial charge on any atom is -0.327 e. The molecule has 0 aliphatic rings. The maximum absolute atomic E-state index is 5.42. The van der Waals surface area contributed by atoms with E-state index >= 15 is 0 Å². The maximum atomic E-state index is 5.42. The molecular formula is C12H14N2S. The molecule has 1 aromatic carbocycles. The first-order chi connectivity index (χ1) is 7.33. The van der Waals surface area contributed by atoms with Gasteiger partial charge < -0.3 is 5.73 Å². The van der Waals surface area contributed by atoms with Crippen molar-refractivity contribution in [2.75, 3.05) is 6.54 Å². The molecule has 0 saturated carbocycles. The molecule has 1 heterocycles. The molecule has 0 atom stereocenters. The van der Waals surface area contributed by atoms with Crippen LogP contribution >= 0.6 is 11.3 Å². The molecule has 0 saturated heterocycles. The van der Waals surface area contributed by atoms with Gasteiger partial charge in [0.25, 0.3) is 0 Å². The molecule has 2 rings (SSSR count). The zero-order chi connectivity index (χ0) is 10.7. The number of benzene rings is 1. The first-order valence-electron chi connectivity index (χ1n) is 5.09. The number of fused-ring (bicyclic) bond motifs is 1. The summed E-state index contributed by atoms with van der Waals surface area (Å²) in [6.45, 7) is 2.72. The van der Waals surface area contributed by atoms with Crippen molar-refractivity contribution >= 4 is 27.6 Å². The highest BCUT2D eigenvalue weighted by molar-refractivity contribution is 7.18. The summed E-state index contributed by atoms with van der Waals surface area (Å²) in [5.74, 6) is 0. The lowest BCUT2D eigenvalue weighted by Gasteiger charge is -1.92. The third kappa shape index (κ3) is 2.25. The molecular weight excluding hydrogens is 204 g/mol. The summed E-state index contributed by atoms with van der Waals surface area (Å²) in [6, 6.07) is 6.31. The first kappa shape index (κ1) is 10.3. The van der Waals surface area contributed by atoms with Crippen molar-refractivity contribution < 1.29 is 0 Å². The molecule has 0 radical (unpaired) electrons. The van der Waals surface area contributed by atoms with E-state index in [4.69, 9.17) is 5.73 Å². The quantitative estimate of drug-likeness (QED) is 0.860. The Morgan fingerprint density at radius 3 is 3.07 bits per heavy atom. The fourth-order valence-corrected chi connectivity index (χ4v) is 2.40. The standard InChI is InChI=1S/C12H14N2S/c1-2-12-14-10-6-5-9(4-3-7-13)8-11(10)15-12/h3-6,8H,2,7,13H2,1H3/b4-3+. The SMILES string of the molecule is CCc1nc2ccc(/C=C/CN)cc2s1. The Hall–Kier alpha value is -1.19. The van der Waals surface area contributed by atoms with E-state index < -0.39 is 0 Å². The Morgan fingerprint density at radius 1 is 1.47 bits per heavy atom. The van der Waals surface area contributed by atoms with Crippen LogP contribution in [0.15, 0.2) is 24.3 Å². The lowest BCUT2D eigenvalue weighted by molar-refractivity contribution is 1.11. The lowest BCUT2D eigenvalue weighted by atomic mass is 10.2. The predicted molar refractivity (Wildman–Crippen MR) is 67.1 cm³/mol. The second-order valence-electron chi connectivity index (χ2n) is 3.33. The monoisotopic (exact) mass is 218 g/mol. The summed E-state index contributed by atoms with van der Waals surface area (Å²) in [4.78, 5) is 4.52. The van der Waals surface area contributed by atoms with Gasteiger partial charge in [0.05, 0.1) is 15.2 Å². The maximum Gasteiger partial charge on any atom is 0.0935 e. The van der Waals surface area contributed by atoms with Gasteiger partial charge in [-0.05, 0) is 24.1 Å². The minimum atomic E-state index is 0.584. The van der Waals surface area contributed by atoms with Gasteiger partial charge in [-0.1, -0.05) is 25.1 Å². The Morgan fingerprint density at radius 2 is 2.33 bits per heavy atom. The van der Waals surface area contributed by atoms with E-state index in [1.807, 2.05) is 12.2 Å². The zero-order valence-corrected chi connectivity index (χ0v) is 9.55. The van der Waals surface area contributed by atoms with E-state index in [2.05, 4.69) is 30.1 Å². The van der Waals surface area contributed by atoms with E-state index in [0.29, 0.717) is 6.54 Å². The van der Waals surface area contributed by atoms with Crippen LogP contribution in [0.3, 0.4) is 0 Å². The average Bonchev–Trinajstić information content (AvgIpc) is 2.68. The summed E-state index contributed by atoms with van der Waals surface area (Å²) in [6.07, 6.45) is 5.01. The molecule has 2 N–H and O–H groups in total. The fraction of sp³-hybridized carbons (Fsp3) is 0.250. The summed E-state index contributed by atoms with van der Waals surface area (Å²) in [7, 11) is 0. The smallest absolute Gasteiger partial charge is 0.0935 e. The van der Waals surface area contributed by atoms with Crippen molar-refractivity contribution in [3.8, 4) is 0 Å². The summed E-state index contributed by atoms with van der Waals surface area (Å²) in [5, 5.41) is 1.20. The van der Waals surface area contributed by atoms with E-state index in [-0.39, 0.29) is 0 Å². The average molecular weight is 218 g/mol. The number of thiazole rings is 1. The molecule has 0 amide bonds. The number of hydrogen-bond acceptors (Lipinski definition) is 3. The van der Waals surface area contributed by atoms with Gasteiger partial charge in [0, 0.05) is 6.54 Å². The van der Waals surface area contributed by atoms with Gasteiger partial charge in [-0.15, -0.1) is 11.3 Å². The molecule has 0 bridgehead atoms. The normalized spacial score (nSPS) is 11.6. The van der Waals surface area contributed by atoms with Crippen LogP contribution in [0.2, 0.25) is 0 Å². The van der Waals surface area contributed by atoms with Crippen LogP contribution in [-0.2, 0) is 6.42 Å². The highest BCUT2D eigenvalue weighted by Crippen LogP contribution is 2.23. The molecule has 78 valence electrons. The van der Waals surface area contributed by atoms with Crippen molar-refractivity contribution in [2.24, 2.45) is 5.73 Å². The van der Waals surface area contributed by atoms with Crippen LogP contribution in [0.25, 0.3) is 16.3 Å². The van der Waals surface area contributed by atoms with E-state index in [9.17, 15) is 0 Å². The minimum absolute atomic E-state index is 0.584. The molecule has 2 nitrogen and oxygen atoms in total. The van der Waals surface area contributed by atoms with Crippen molar-refractivity contribution in [3.63, 3.8) is 0 Å². The second kappa shape index (κ2) is 4.55. The number of hydrogen-bond donors (Lipinski definition) is 1. The van der Waals surface area contributed by atoms with Crippen LogP contribution in [0.1, 0.15) is 17.5 Å². The van der Waals surface area contributed by atoms with Crippen LogP contribution in [-0.4, -0.2) is 11.5 Å². The van der Waals surface area contributed by atoms with Crippen molar-refractivity contribution in [1.29, 1.82) is 0 Å². The molecule has 0 fully saturated rings. The molecule has 0 unspecified atom stereocenters. The molecule has 3 heteroatoms. The van der Waals surface area contributed by atoms with Gasteiger partial charge >= 0.3 is 0 Å². The molecule has 2 aromatic rings. The first-order valence-corrected chi connectivity index (χ1v) is 5.91. The van der Waals surface area contributed by atoms with Crippen LogP contribution in [0.5, 0.6) is 0 Å². The number of aryl methyl sites for hydroxylation is 1. The highest BCUT2D eigenvalue weighted by Gasteiger charge is 2.01. The summed E-state index contributed by atoms with van der Waals surface area (Å²) in [5.41, 5.74) is 7.71. The molecule has 0 spiro atoms. The molecule has 0 aliphatic heterocycles. The van der Waals surface area contributed by atoms with Crippen molar-refractivity contribution in [3.05, 3.63) is 34.8 Å². The largest absolute Gasteiger partial charge is 0.327 e. The van der Waals surface area contributed by atoms with Gasteiger partial charge in [0.1, 0.15) is 0 Å². The predicted octanol–water partition coefficient (Wildman–Crippen LogP) is 2.83. The Labute approximate surface area is 93.4 Å². The third-order valence-electron chi connectivity index (χ3n) is 2.21. The van der Waals surface area contributed by atoms with E-state index in [1.165, 1.54) is 15.3 Å². The number of rotatable bonds is 3. The number of aromatic nitrogens is 1. The van der Waals surface area contributed by atoms with Crippen LogP contribution < -0.4 is 5.73 Å². The molecule has 15 heavy (non-hydrogen) atoms. The second-order valence-corrected chi connectivity index (χ2v) is 4.44. The summed E-state index contributed by atoms with van der Waals surface area (Å²) >= 11 is 1.77. The topological polar surface area (TPSA) is 38.9 Å². The van der Waals surface area contributed by atoms with Gasteiger partial charge in [0.2, 0.25) is 0 Å². The van der Waals surface area contributed by atoms with E-state index in [1.54, 1.807) is 11.3 Å². The summed E-state index contributed by atoms with van der Waals surface area (Å²) < 4.78 is 1.26. The van der Waals surface area contributed by atoms with E-state index in [0.717, 1.165) is 11.9 Å². The Balaban J connectivity index is 2.41. The zero-order valence-electron chi connectivity index (χ0n) is 8.73. The Kier molecular flexibility index (Phi) is 3.14. The molecule has 0 aliphatic carbocycles. The number of nitrogens with zero attached hydrogens (tertiary/aromatic N) is 1. The van der Waals surface area contributed by atoms with Crippen molar-refractivity contribution in [2.45, 2.75) is 13.3 Å². The van der Waals surface area contributed by atoms with Gasteiger partial charge in [0.15, 0.2) is 0 Å².